The van der Waals surface area contributed by atoms with Gasteiger partial charge in [0.05, 0.1) is 0 Å². The molecule has 0 saturated heterocycles. The second-order valence-electron chi connectivity index (χ2n) is 3.94. The summed E-state index contributed by atoms with van der Waals surface area (Å²) in [5, 5.41) is 8.71. The Labute approximate surface area is 104 Å². The second kappa shape index (κ2) is 5.95. The molecular weight excluding hydrogens is 236 g/mol. The van der Waals surface area contributed by atoms with Crippen LogP contribution in [0.15, 0.2) is 24.3 Å². The maximum absolute atomic E-state index is 11.6. The molecule has 5 heteroatoms. The summed E-state index contributed by atoms with van der Waals surface area (Å²) in [7, 11) is 0. The van der Waals surface area contributed by atoms with Crippen molar-refractivity contribution in [2.45, 2.75) is 20.3 Å². The Bertz CT molecular complexity index is 478. The van der Waals surface area contributed by atoms with Crippen LogP contribution in [0.25, 0.3) is 0 Å². The molecule has 0 aliphatic rings. The van der Waals surface area contributed by atoms with Crippen molar-refractivity contribution in [1.29, 1.82) is 0 Å². The molecule has 0 aromatic heterocycles. The maximum atomic E-state index is 11.6. The predicted molar refractivity (Wildman–Crippen MR) is 63.3 cm³/mol. The summed E-state index contributed by atoms with van der Waals surface area (Å²) in [5.41, 5.74) is 0.617. The van der Waals surface area contributed by atoms with E-state index >= 15 is 0 Å². The van der Waals surface area contributed by atoms with E-state index in [0.29, 0.717) is 11.3 Å². The van der Waals surface area contributed by atoms with Crippen molar-refractivity contribution < 1.29 is 24.2 Å². The van der Waals surface area contributed by atoms with Crippen LogP contribution in [0.1, 0.15) is 19.4 Å². The molecule has 0 amide bonds. The van der Waals surface area contributed by atoms with Crippen molar-refractivity contribution in [3.05, 3.63) is 29.8 Å². The van der Waals surface area contributed by atoms with Crippen LogP contribution in [-0.4, -0.2) is 22.8 Å². The molecule has 0 aliphatic heterocycles. The molecule has 1 aromatic rings. The number of hydrogen-bond acceptors (Lipinski definition) is 4. The third-order valence-corrected chi connectivity index (χ3v) is 2.39. The normalized spacial score (nSPS) is 11.7. The third kappa shape index (κ3) is 4.01. The molecule has 0 saturated carbocycles. The van der Waals surface area contributed by atoms with Gasteiger partial charge in [0.15, 0.2) is 5.78 Å². The summed E-state index contributed by atoms with van der Waals surface area (Å²) in [6.07, 6.45) is 0.00255. The minimum atomic E-state index is -1.14. The van der Waals surface area contributed by atoms with Crippen molar-refractivity contribution in [2.75, 3.05) is 0 Å². The van der Waals surface area contributed by atoms with Crippen LogP contribution in [0.4, 0.5) is 0 Å². The van der Waals surface area contributed by atoms with Gasteiger partial charge in [-0.2, -0.15) is 0 Å². The quantitative estimate of drug-likeness (QED) is 0.486. The predicted octanol–water partition coefficient (Wildman–Crippen LogP) is 1.44. The molecule has 0 radical (unpaired) electrons. The van der Waals surface area contributed by atoms with Gasteiger partial charge in [-0.1, -0.05) is 12.1 Å². The van der Waals surface area contributed by atoms with E-state index in [9.17, 15) is 14.4 Å². The van der Waals surface area contributed by atoms with Gasteiger partial charge >= 0.3 is 11.9 Å². The summed E-state index contributed by atoms with van der Waals surface area (Å²) in [6.45, 7) is 2.63. The Morgan fingerprint density at radius 3 is 2.56 bits per heavy atom. The zero-order chi connectivity index (χ0) is 13.7. The monoisotopic (exact) mass is 250 g/mol. The molecule has 0 fully saturated rings. The number of aliphatic carboxylic acids is 1. The second-order valence-corrected chi connectivity index (χ2v) is 3.94. The molecule has 1 N–H and O–H groups in total. The fourth-order valence-electron chi connectivity index (χ4n) is 1.38. The summed E-state index contributed by atoms with van der Waals surface area (Å²) in [4.78, 5) is 33.0. The van der Waals surface area contributed by atoms with Gasteiger partial charge in [-0.05, 0) is 24.6 Å². The minimum Gasteiger partial charge on any atom is -0.481 e. The largest absolute Gasteiger partial charge is 0.481 e. The Morgan fingerprint density at radius 2 is 2.00 bits per heavy atom. The number of Topliss-reactive ketones (excluding diaryl/α,β-unsaturated/α-hetero) is 1. The van der Waals surface area contributed by atoms with Gasteiger partial charge in [0.2, 0.25) is 0 Å². The number of ketones is 1. The molecule has 1 aromatic carbocycles. The number of carboxylic acid groups (broad SMARTS) is 1. The van der Waals surface area contributed by atoms with E-state index < -0.39 is 17.9 Å². The van der Waals surface area contributed by atoms with E-state index in [-0.39, 0.29) is 12.2 Å². The van der Waals surface area contributed by atoms with Crippen LogP contribution in [-0.2, 0) is 20.8 Å². The molecule has 18 heavy (non-hydrogen) atoms. The Hall–Kier alpha value is -2.17. The first-order valence-electron chi connectivity index (χ1n) is 5.43. The lowest BCUT2D eigenvalue weighted by Gasteiger charge is -2.07. The number of carboxylic acids is 1. The van der Waals surface area contributed by atoms with Crippen LogP contribution in [0.5, 0.6) is 5.75 Å². The van der Waals surface area contributed by atoms with Crippen molar-refractivity contribution in [2.24, 2.45) is 5.92 Å². The van der Waals surface area contributed by atoms with Crippen molar-refractivity contribution in [3.8, 4) is 5.75 Å². The van der Waals surface area contributed by atoms with Gasteiger partial charge in [-0.25, -0.2) is 0 Å². The van der Waals surface area contributed by atoms with E-state index in [4.69, 9.17) is 9.84 Å². The average molecular weight is 250 g/mol. The van der Waals surface area contributed by atoms with Crippen LogP contribution in [0, 0.1) is 5.92 Å². The zero-order valence-electron chi connectivity index (χ0n) is 10.2. The number of benzene rings is 1. The van der Waals surface area contributed by atoms with Gasteiger partial charge in [0.1, 0.15) is 11.7 Å². The number of hydrogen-bond donors (Lipinski definition) is 1. The number of rotatable bonds is 5. The first-order chi connectivity index (χ1) is 8.40. The van der Waals surface area contributed by atoms with E-state index in [1.54, 1.807) is 24.3 Å². The molecular formula is C13H14O5. The van der Waals surface area contributed by atoms with Crippen LogP contribution >= 0.6 is 0 Å². The van der Waals surface area contributed by atoms with E-state index in [0.717, 1.165) is 0 Å². The van der Waals surface area contributed by atoms with Crippen molar-refractivity contribution >= 4 is 17.7 Å². The molecule has 1 rings (SSSR count). The summed E-state index contributed by atoms with van der Waals surface area (Å²) < 4.78 is 4.88. The Morgan fingerprint density at radius 1 is 1.33 bits per heavy atom. The summed E-state index contributed by atoms with van der Waals surface area (Å²) in [5.74, 6) is -2.67. The van der Waals surface area contributed by atoms with Crippen molar-refractivity contribution in [1.82, 2.24) is 0 Å². The highest BCUT2D eigenvalue weighted by molar-refractivity contribution is 5.98. The van der Waals surface area contributed by atoms with Gasteiger partial charge in [-0.3, -0.25) is 14.4 Å². The molecule has 0 aliphatic carbocycles. The minimum absolute atomic E-state index is 0.00255. The topological polar surface area (TPSA) is 80.7 Å². The lowest BCUT2D eigenvalue weighted by atomic mass is 9.99. The summed E-state index contributed by atoms with van der Waals surface area (Å²) in [6, 6.07) is 6.47. The zero-order valence-corrected chi connectivity index (χ0v) is 10.2. The number of carbonyl (C=O) groups is 3. The molecule has 96 valence electrons. The Balaban J connectivity index is 2.76. The van der Waals surface area contributed by atoms with Gasteiger partial charge < -0.3 is 9.84 Å². The standard InChI is InChI=1S/C13H14O5/c1-8(13(16)17)12(15)7-10-4-3-5-11(6-10)18-9(2)14/h3-6,8H,7H2,1-2H3,(H,16,17). The summed E-state index contributed by atoms with van der Waals surface area (Å²) >= 11 is 0. The first-order valence-corrected chi connectivity index (χ1v) is 5.43. The highest BCUT2D eigenvalue weighted by Crippen LogP contribution is 2.15. The third-order valence-electron chi connectivity index (χ3n) is 2.39. The smallest absolute Gasteiger partial charge is 0.313 e. The van der Waals surface area contributed by atoms with Crippen molar-refractivity contribution in [3.63, 3.8) is 0 Å². The molecule has 0 spiro atoms. The number of carbonyl (C=O) groups excluding carboxylic acids is 2. The average Bonchev–Trinajstić information content (AvgIpc) is 2.27. The van der Waals surface area contributed by atoms with Crippen LogP contribution in [0.2, 0.25) is 0 Å². The lowest BCUT2D eigenvalue weighted by molar-refractivity contribution is -0.145. The number of ether oxygens (including phenoxy) is 1. The maximum Gasteiger partial charge on any atom is 0.313 e. The SMILES string of the molecule is CC(=O)Oc1cccc(CC(=O)C(C)C(=O)O)c1. The highest BCUT2D eigenvalue weighted by atomic mass is 16.5. The molecule has 5 nitrogen and oxygen atoms in total. The molecule has 0 heterocycles. The van der Waals surface area contributed by atoms with E-state index in [1.807, 2.05) is 0 Å². The van der Waals surface area contributed by atoms with Crippen LogP contribution in [0.3, 0.4) is 0 Å². The lowest BCUT2D eigenvalue weighted by Crippen LogP contribution is -2.22. The van der Waals surface area contributed by atoms with Gasteiger partial charge in [0.25, 0.3) is 0 Å². The number of esters is 1. The van der Waals surface area contributed by atoms with E-state index in [2.05, 4.69) is 0 Å². The molecule has 1 unspecified atom stereocenters. The highest BCUT2D eigenvalue weighted by Gasteiger charge is 2.20. The molecule has 0 bridgehead atoms. The van der Waals surface area contributed by atoms with E-state index in [1.165, 1.54) is 13.8 Å². The Kier molecular flexibility index (Phi) is 4.59. The fourth-order valence-corrected chi connectivity index (χ4v) is 1.38. The van der Waals surface area contributed by atoms with Gasteiger partial charge in [0, 0.05) is 13.3 Å². The first kappa shape index (κ1) is 13.9. The molecule has 1 atom stereocenters. The van der Waals surface area contributed by atoms with Crippen LogP contribution < -0.4 is 4.74 Å². The fraction of sp³-hybridized carbons (Fsp3) is 0.308. The van der Waals surface area contributed by atoms with Gasteiger partial charge in [-0.15, -0.1) is 0 Å².